The number of rotatable bonds is 2. The number of ether oxygens (including phenoxy) is 1. The number of anilines is 1. The molecule has 4 nitrogen and oxygen atoms in total. The first kappa shape index (κ1) is 20.3. The number of nitrogens with zero attached hydrogens (tertiary/aromatic N) is 1. The SMILES string of the molecule is Cc1ccc(N2C(=O)C(=Cc3ccccc3C(F)(F)F)C3(CCCCO3)C2=O)cc1. The Morgan fingerprint density at radius 2 is 1.73 bits per heavy atom. The van der Waals surface area contributed by atoms with Crippen LogP contribution in [0.3, 0.4) is 0 Å². The van der Waals surface area contributed by atoms with E-state index < -0.39 is 29.2 Å². The van der Waals surface area contributed by atoms with Crippen molar-refractivity contribution in [2.45, 2.75) is 38.0 Å². The van der Waals surface area contributed by atoms with Crippen LogP contribution in [0.2, 0.25) is 0 Å². The molecule has 0 N–H and O–H groups in total. The molecule has 1 atom stereocenters. The van der Waals surface area contributed by atoms with Crippen molar-refractivity contribution in [1.29, 1.82) is 0 Å². The standard InChI is InChI=1S/C23H20F3NO3/c1-15-8-10-17(11-9-15)27-20(28)19(22(21(27)29)12-4-5-13-30-22)14-16-6-2-3-7-18(16)23(24,25)26/h2-3,6-11,14H,4-5,12-13H2,1H3. The molecular weight excluding hydrogens is 395 g/mol. The molecule has 0 bridgehead atoms. The van der Waals surface area contributed by atoms with Crippen LogP contribution in [0.25, 0.3) is 6.08 Å². The van der Waals surface area contributed by atoms with Gasteiger partial charge in [-0.1, -0.05) is 35.9 Å². The van der Waals surface area contributed by atoms with E-state index in [1.807, 2.05) is 6.92 Å². The highest BCUT2D eigenvalue weighted by molar-refractivity contribution is 6.33. The van der Waals surface area contributed by atoms with E-state index in [-0.39, 0.29) is 24.2 Å². The molecule has 2 saturated heterocycles. The van der Waals surface area contributed by atoms with Gasteiger partial charge in [-0.2, -0.15) is 13.2 Å². The first-order chi connectivity index (χ1) is 14.2. The summed E-state index contributed by atoms with van der Waals surface area (Å²) in [4.78, 5) is 27.7. The van der Waals surface area contributed by atoms with E-state index in [2.05, 4.69) is 0 Å². The minimum Gasteiger partial charge on any atom is -0.360 e. The zero-order valence-electron chi connectivity index (χ0n) is 16.3. The molecule has 2 aliphatic rings. The van der Waals surface area contributed by atoms with Crippen molar-refractivity contribution in [3.63, 3.8) is 0 Å². The van der Waals surface area contributed by atoms with Gasteiger partial charge in [0.15, 0.2) is 5.60 Å². The normalized spacial score (nSPS) is 23.6. The van der Waals surface area contributed by atoms with Crippen LogP contribution in [0.4, 0.5) is 18.9 Å². The Morgan fingerprint density at radius 3 is 2.37 bits per heavy atom. The van der Waals surface area contributed by atoms with Crippen molar-refractivity contribution in [3.05, 3.63) is 70.8 Å². The lowest BCUT2D eigenvalue weighted by Gasteiger charge is -2.32. The van der Waals surface area contributed by atoms with Crippen molar-refractivity contribution >= 4 is 23.6 Å². The van der Waals surface area contributed by atoms with Crippen molar-refractivity contribution in [3.8, 4) is 0 Å². The molecule has 7 heteroatoms. The fourth-order valence-corrected chi connectivity index (χ4v) is 4.00. The predicted molar refractivity (Wildman–Crippen MR) is 106 cm³/mol. The maximum absolute atomic E-state index is 13.5. The summed E-state index contributed by atoms with van der Waals surface area (Å²) in [6.45, 7) is 2.14. The molecule has 2 aliphatic heterocycles. The van der Waals surface area contributed by atoms with Gasteiger partial charge in [0.05, 0.1) is 16.8 Å². The van der Waals surface area contributed by atoms with Crippen LogP contribution in [0.5, 0.6) is 0 Å². The van der Waals surface area contributed by atoms with Gasteiger partial charge in [0, 0.05) is 6.61 Å². The maximum Gasteiger partial charge on any atom is 0.416 e. The van der Waals surface area contributed by atoms with Gasteiger partial charge in [-0.05, 0) is 56.0 Å². The van der Waals surface area contributed by atoms with Gasteiger partial charge in [-0.3, -0.25) is 9.59 Å². The summed E-state index contributed by atoms with van der Waals surface area (Å²) in [5.74, 6) is -1.20. The van der Waals surface area contributed by atoms with Crippen LogP contribution < -0.4 is 4.90 Å². The highest BCUT2D eigenvalue weighted by Crippen LogP contribution is 2.44. The molecule has 2 aromatic carbocycles. The molecule has 1 unspecified atom stereocenters. The Kier molecular flexibility index (Phi) is 5.02. The van der Waals surface area contributed by atoms with Crippen LogP contribution in [0, 0.1) is 6.92 Å². The zero-order valence-corrected chi connectivity index (χ0v) is 16.3. The minimum atomic E-state index is -4.59. The zero-order chi connectivity index (χ0) is 21.5. The van der Waals surface area contributed by atoms with Crippen LogP contribution in [-0.4, -0.2) is 24.0 Å². The maximum atomic E-state index is 13.5. The molecule has 30 heavy (non-hydrogen) atoms. The molecule has 0 saturated carbocycles. The van der Waals surface area contributed by atoms with Gasteiger partial charge in [0.2, 0.25) is 0 Å². The number of amides is 2. The third-order valence-electron chi connectivity index (χ3n) is 5.55. The Labute approximate surface area is 171 Å². The third kappa shape index (κ3) is 3.33. The van der Waals surface area contributed by atoms with Gasteiger partial charge in [0.1, 0.15) is 0 Å². The summed E-state index contributed by atoms with van der Waals surface area (Å²) < 4.78 is 46.3. The van der Waals surface area contributed by atoms with Crippen molar-refractivity contribution < 1.29 is 27.5 Å². The lowest BCUT2D eigenvalue weighted by molar-refractivity contribution is -0.140. The van der Waals surface area contributed by atoms with E-state index in [0.717, 1.165) is 23.0 Å². The Hall–Kier alpha value is -2.93. The fraction of sp³-hybridized carbons (Fsp3) is 0.304. The van der Waals surface area contributed by atoms with Crippen LogP contribution in [0.15, 0.2) is 54.1 Å². The Morgan fingerprint density at radius 1 is 1.03 bits per heavy atom. The monoisotopic (exact) mass is 415 g/mol. The van der Waals surface area contributed by atoms with Crippen molar-refractivity contribution in [2.75, 3.05) is 11.5 Å². The number of hydrogen-bond acceptors (Lipinski definition) is 3. The number of carbonyl (C=O) groups is 2. The van der Waals surface area contributed by atoms with E-state index in [1.54, 1.807) is 24.3 Å². The van der Waals surface area contributed by atoms with Crippen molar-refractivity contribution in [1.82, 2.24) is 0 Å². The molecule has 2 fully saturated rings. The number of aryl methyl sites for hydroxylation is 1. The number of hydrogen-bond donors (Lipinski definition) is 0. The van der Waals surface area contributed by atoms with E-state index in [9.17, 15) is 22.8 Å². The van der Waals surface area contributed by atoms with Crippen molar-refractivity contribution in [2.24, 2.45) is 0 Å². The second-order valence-corrected chi connectivity index (χ2v) is 7.56. The second kappa shape index (κ2) is 7.40. The topological polar surface area (TPSA) is 46.6 Å². The summed E-state index contributed by atoms with van der Waals surface area (Å²) in [7, 11) is 0. The molecular formula is C23H20F3NO3. The molecule has 4 rings (SSSR count). The number of benzene rings is 2. The van der Waals surface area contributed by atoms with E-state index in [4.69, 9.17) is 4.74 Å². The lowest BCUT2D eigenvalue weighted by atomic mass is 9.86. The molecule has 0 radical (unpaired) electrons. The first-order valence-electron chi connectivity index (χ1n) is 9.72. The van der Waals surface area contributed by atoms with Gasteiger partial charge >= 0.3 is 6.18 Å². The number of halogens is 3. The smallest absolute Gasteiger partial charge is 0.360 e. The van der Waals surface area contributed by atoms with Gasteiger partial charge in [-0.25, -0.2) is 4.90 Å². The van der Waals surface area contributed by atoms with E-state index >= 15 is 0 Å². The molecule has 0 aliphatic carbocycles. The van der Waals surface area contributed by atoms with Crippen LogP contribution in [-0.2, 0) is 20.5 Å². The number of alkyl halides is 3. The molecule has 1 spiro atoms. The average molecular weight is 415 g/mol. The van der Waals surface area contributed by atoms with Gasteiger partial charge in [-0.15, -0.1) is 0 Å². The summed E-state index contributed by atoms with van der Waals surface area (Å²) in [5.41, 5.74) is -1.31. The van der Waals surface area contributed by atoms with E-state index in [0.29, 0.717) is 12.1 Å². The van der Waals surface area contributed by atoms with Gasteiger partial charge in [0.25, 0.3) is 11.8 Å². The number of imide groups is 1. The second-order valence-electron chi connectivity index (χ2n) is 7.56. The average Bonchev–Trinajstić information content (AvgIpc) is 2.90. The molecule has 156 valence electrons. The molecule has 2 heterocycles. The lowest BCUT2D eigenvalue weighted by Crippen LogP contribution is -2.45. The highest BCUT2D eigenvalue weighted by Gasteiger charge is 2.58. The first-order valence-corrected chi connectivity index (χ1v) is 9.72. The predicted octanol–water partition coefficient (Wildman–Crippen LogP) is 4.91. The quantitative estimate of drug-likeness (QED) is 0.517. The summed E-state index contributed by atoms with van der Waals surface area (Å²) >= 11 is 0. The molecule has 2 amide bonds. The molecule has 2 aromatic rings. The summed E-state index contributed by atoms with van der Waals surface area (Å²) in [6, 6.07) is 11.8. The third-order valence-corrected chi connectivity index (χ3v) is 5.55. The molecule has 0 aromatic heterocycles. The number of carbonyl (C=O) groups excluding carboxylic acids is 2. The van der Waals surface area contributed by atoms with Crippen LogP contribution in [0.1, 0.15) is 36.0 Å². The van der Waals surface area contributed by atoms with E-state index in [1.165, 1.54) is 24.3 Å². The minimum absolute atomic E-state index is 0.0514. The van der Waals surface area contributed by atoms with Gasteiger partial charge < -0.3 is 4.74 Å². The summed E-state index contributed by atoms with van der Waals surface area (Å²) in [5, 5.41) is 0. The van der Waals surface area contributed by atoms with Crippen LogP contribution >= 0.6 is 0 Å². The fourth-order valence-electron chi connectivity index (χ4n) is 4.00. The Bertz CT molecular complexity index is 1020. The highest BCUT2D eigenvalue weighted by atomic mass is 19.4. The largest absolute Gasteiger partial charge is 0.416 e. The summed E-state index contributed by atoms with van der Waals surface area (Å²) in [6.07, 6.45) is -1.81. The Balaban J connectivity index is 1.87.